The van der Waals surface area contributed by atoms with Crippen molar-refractivity contribution in [1.82, 2.24) is 4.72 Å². The van der Waals surface area contributed by atoms with Crippen molar-refractivity contribution in [2.24, 2.45) is 11.1 Å². The van der Waals surface area contributed by atoms with Crippen molar-refractivity contribution >= 4 is 10.0 Å². The molecule has 0 saturated carbocycles. The van der Waals surface area contributed by atoms with Gasteiger partial charge in [-0.05, 0) is 19.4 Å². The molecule has 0 spiro atoms. The molecule has 9 heteroatoms. The fourth-order valence-corrected chi connectivity index (χ4v) is 3.46. The quantitative estimate of drug-likeness (QED) is 0.718. The van der Waals surface area contributed by atoms with Crippen LogP contribution in [0.1, 0.15) is 12.8 Å². The molecule has 0 aliphatic carbocycles. The highest BCUT2D eigenvalue weighted by molar-refractivity contribution is 7.89. The lowest BCUT2D eigenvalue weighted by Gasteiger charge is -2.35. The van der Waals surface area contributed by atoms with Gasteiger partial charge in [0.2, 0.25) is 10.0 Å². The van der Waals surface area contributed by atoms with E-state index in [0.29, 0.717) is 30.8 Å². The summed E-state index contributed by atoms with van der Waals surface area (Å²) >= 11 is 0. The van der Waals surface area contributed by atoms with Crippen molar-refractivity contribution < 1.29 is 26.3 Å². The SMILES string of the molecule is NCC1(CS(=O)(=O)NC(F)(F)F)CCOCC1. The topological polar surface area (TPSA) is 81.4 Å². The first kappa shape index (κ1) is 14.7. The van der Waals surface area contributed by atoms with Gasteiger partial charge >= 0.3 is 6.30 Å². The smallest absolute Gasteiger partial charge is 0.381 e. The number of rotatable bonds is 4. The van der Waals surface area contributed by atoms with Crippen LogP contribution in [-0.2, 0) is 14.8 Å². The van der Waals surface area contributed by atoms with Crippen LogP contribution in [0.25, 0.3) is 0 Å². The summed E-state index contributed by atoms with van der Waals surface area (Å²) in [5.41, 5.74) is 4.66. The van der Waals surface area contributed by atoms with Gasteiger partial charge in [-0.3, -0.25) is 0 Å². The van der Waals surface area contributed by atoms with Crippen molar-refractivity contribution in [2.75, 3.05) is 25.5 Å². The minimum atomic E-state index is -4.94. The van der Waals surface area contributed by atoms with E-state index in [9.17, 15) is 21.6 Å². The second-order valence-electron chi connectivity index (χ2n) is 4.18. The minimum Gasteiger partial charge on any atom is -0.381 e. The van der Waals surface area contributed by atoms with E-state index in [2.05, 4.69) is 0 Å². The normalized spacial score (nSPS) is 21.4. The summed E-state index contributed by atoms with van der Waals surface area (Å²) in [5.74, 6) is -0.626. The van der Waals surface area contributed by atoms with Crippen LogP contribution in [0, 0.1) is 5.41 Å². The third-order valence-electron chi connectivity index (χ3n) is 2.75. The first-order chi connectivity index (χ1) is 7.68. The molecule has 0 aromatic heterocycles. The van der Waals surface area contributed by atoms with Crippen LogP contribution in [0.5, 0.6) is 0 Å². The molecule has 3 N–H and O–H groups in total. The summed E-state index contributed by atoms with van der Waals surface area (Å²) < 4.78 is 64.4. The van der Waals surface area contributed by atoms with Crippen LogP contribution in [-0.4, -0.2) is 40.2 Å². The third-order valence-corrected chi connectivity index (χ3v) is 4.29. The van der Waals surface area contributed by atoms with E-state index in [1.54, 1.807) is 0 Å². The molecule has 1 aliphatic heterocycles. The number of hydrogen-bond acceptors (Lipinski definition) is 4. The molecule has 0 bridgehead atoms. The fraction of sp³-hybridized carbons (Fsp3) is 1.00. The molecule has 0 radical (unpaired) electrons. The average molecular weight is 276 g/mol. The molecule has 0 aromatic carbocycles. The lowest BCUT2D eigenvalue weighted by Crippen LogP contribution is -2.48. The van der Waals surface area contributed by atoms with E-state index < -0.39 is 27.5 Å². The minimum absolute atomic E-state index is 0.0229. The monoisotopic (exact) mass is 276 g/mol. The fourth-order valence-electron chi connectivity index (χ4n) is 1.83. The molecule has 5 nitrogen and oxygen atoms in total. The molecule has 0 unspecified atom stereocenters. The van der Waals surface area contributed by atoms with E-state index in [1.165, 1.54) is 0 Å². The van der Waals surface area contributed by atoms with E-state index in [0.717, 1.165) is 0 Å². The van der Waals surface area contributed by atoms with Gasteiger partial charge in [-0.2, -0.15) is 13.2 Å². The zero-order valence-corrected chi connectivity index (χ0v) is 9.90. The van der Waals surface area contributed by atoms with Crippen molar-refractivity contribution in [2.45, 2.75) is 19.1 Å². The highest BCUT2D eigenvalue weighted by atomic mass is 32.2. The van der Waals surface area contributed by atoms with E-state index in [-0.39, 0.29) is 6.54 Å². The van der Waals surface area contributed by atoms with Gasteiger partial charge in [0.05, 0.1) is 5.75 Å². The summed E-state index contributed by atoms with van der Waals surface area (Å²) in [7, 11) is -4.42. The van der Waals surface area contributed by atoms with Gasteiger partial charge < -0.3 is 10.5 Å². The number of halogens is 3. The van der Waals surface area contributed by atoms with Crippen molar-refractivity contribution in [3.8, 4) is 0 Å². The molecular weight excluding hydrogens is 261 g/mol. The Hall–Kier alpha value is -0.380. The van der Waals surface area contributed by atoms with Crippen LogP contribution in [0.4, 0.5) is 13.2 Å². The Bertz CT molecular complexity index is 350. The molecule has 0 atom stereocenters. The van der Waals surface area contributed by atoms with Crippen molar-refractivity contribution in [3.63, 3.8) is 0 Å². The number of nitrogens with two attached hydrogens (primary N) is 1. The molecule has 1 fully saturated rings. The van der Waals surface area contributed by atoms with Gasteiger partial charge in [-0.1, -0.05) is 0 Å². The van der Waals surface area contributed by atoms with Gasteiger partial charge in [0.25, 0.3) is 0 Å². The molecule has 1 saturated heterocycles. The summed E-state index contributed by atoms with van der Waals surface area (Å²) in [6.07, 6.45) is -4.25. The lowest BCUT2D eigenvalue weighted by molar-refractivity contribution is -0.138. The average Bonchev–Trinajstić information content (AvgIpc) is 2.14. The maximum atomic E-state index is 12.0. The first-order valence-electron chi connectivity index (χ1n) is 5.04. The van der Waals surface area contributed by atoms with Crippen LogP contribution < -0.4 is 10.5 Å². The zero-order chi connectivity index (χ0) is 13.2. The number of sulfonamides is 1. The molecule has 1 aliphatic rings. The molecular formula is C8H15F3N2O3S. The van der Waals surface area contributed by atoms with Crippen LogP contribution in [0.2, 0.25) is 0 Å². The molecule has 17 heavy (non-hydrogen) atoms. The Labute approximate surface area is 97.5 Å². The van der Waals surface area contributed by atoms with Crippen LogP contribution in [0.3, 0.4) is 0 Å². The predicted molar refractivity (Wildman–Crippen MR) is 54.5 cm³/mol. The Morgan fingerprint density at radius 3 is 2.24 bits per heavy atom. The Kier molecular flexibility index (Phi) is 4.39. The van der Waals surface area contributed by atoms with Gasteiger partial charge in [0.15, 0.2) is 0 Å². The molecule has 1 rings (SSSR count). The van der Waals surface area contributed by atoms with Crippen molar-refractivity contribution in [3.05, 3.63) is 0 Å². The largest absolute Gasteiger partial charge is 0.470 e. The molecule has 0 aromatic rings. The summed E-state index contributed by atoms with van der Waals surface area (Å²) in [5, 5.41) is 0. The van der Waals surface area contributed by atoms with Gasteiger partial charge in [-0.15, -0.1) is 4.72 Å². The number of hydrogen-bond donors (Lipinski definition) is 2. The molecule has 0 amide bonds. The van der Waals surface area contributed by atoms with Gasteiger partial charge in [0.1, 0.15) is 0 Å². The van der Waals surface area contributed by atoms with Gasteiger partial charge in [-0.25, -0.2) is 8.42 Å². The van der Waals surface area contributed by atoms with Gasteiger partial charge in [0, 0.05) is 18.6 Å². The Balaban J connectivity index is 2.73. The maximum absolute atomic E-state index is 12.0. The van der Waals surface area contributed by atoms with Crippen LogP contribution >= 0.6 is 0 Å². The number of alkyl halides is 3. The summed E-state index contributed by atoms with van der Waals surface area (Å²) in [4.78, 5) is 0. The highest BCUT2D eigenvalue weighted by Gasteiger charge is 2.41. The molecule has 1 heterocycles. The number of nitrogens with one attached hydrogen (secondary N) is 1. The van der Waals surface area contributed by atoms with E-state index >= 15 is 0 Å². The Morgan fingerprint density at radius 1 is 1.29 bits per heavy atom. The summed E-state index contributed by atoms with van der Waals surface area (Å²) in [6, 6.07) is 0. The summed E-state index contributed by atoms with van der Waals surface area (Å²) in [6.45, 7) is 0.659. The van der Waals surface area contributed by atoms with Crippen molar-refractivity contribution in [1.29, 1.82) is 0 Å². The highest BCUT2D eigenvalue weighted by Crippen LogP contribution is 2.31. The van der Waals surface area contributed by atoms with Crippen LogP contribution in [0.15, 0.2) is 0 Å². The lowest BCUT2D eigenvalue weighted by atomic mass is 9.82. The predicted octanol–water partition coefficient (Wildman–Crippen LogP) is 0.181. The molecule has 102 valence electrons. The van der Waals surface area contributed by atoms with E-state index in [1.807, 2.05) is 0 Å². The Morgan fingerprint density at radius 2 is 1.82 bits per heavy atom. The first-order valence-corrected chi connectivity index (χ1v) is 6.70. The van der Waals surface area contributed by atoms with E-state index in [4.69, 9.17) is 10.5 Å². The third kappa shape index (κ3) is 4.78. The number of ether oxygens (including phenoxy) is 1. The second kappa shape index (κ2) is 5.09. The maximum Gasteiger partial charge on any atom is 0.470 e. The second-order valence-corrected chi connectivity index (χ2v) is 5.90. The zero-order valence-electron chi connectivity index (χ0n) is 9.09. The standard InChI is InChI=1S/C8H15F3N2O3S/c9-8(10,11)13-17(14,15)6-7(5-12)1-3-16-4-2-7/h13H,1-6,12H2.